The summed E-state index contributed by atoms with van der Waals surface area (Å²) in [5, 5.41) is 9.32. The molecule has 0 aliphatic carbocycles. The zero-order chi connectivity index (χ0) is 21.7. The van der Waals surface area contributed by atoms with Gasteiger partial charge >= 0.3 is 0 Å². The van der Waals surface area contributed by atoms with Crippen molar-refractivity contribution in [2.45, 2.75) is 25.4 Å². The van der Waals surface area contributed by atoms with Gasteiger partial charge in [0.2, 0.25) is 11.8 Å². The molecule has 31 heavy (non-hydrogen) atoms. The monoisotopic (exact) mass is 418 g/mol. The normalized spacial score (nSPS) is 18.3. The second-order valence-corrected chi connectivity index (χ2v) is 7.63. The Balaban J connectivity index is 1.34. The van der Waals surface area contributed by atoms with Crippen molar-refractivity contribution in [2.24, 2.45) is 7.05 Å². The van der Waals surface area contributed by atoms with E-state index in [1.807, 2.05) is 0 Å². The van der Waals surface area contributed by atoms with Crippen molar-refractivity contribution in [3.8, 4) is 0 Å². The van der Waals surface area contributed by atoms with Gasteiger partial charge in [-0.3, -0.25) is 29.2 Å². The van der Waals surface area contributed by atoms with Gasteiger partial charge in [0.1, 0.15) is 22.8 Å². The maximum Gasteiger partial charge on any atom is 0.274 e. The fourth-order valence-electron chi connectivity index (χ4n) is 4.00. The summed E-state index contributed by atoms with van der Waals surface area (Å²) in [6.45, 7) is 0.240. The smallest absolute Gasteiger partial charge is 0.274 e. The highest BCUT2D eigenvalue weighted by Crippen LogP contribution is 2.29. The molecule has 156 valence electrons. The van der Waals surface area contributed by atoms with E-state index in [2.05, 4.69) is 20.7 Å². The Kier molecular flexibility index (Phi) is 4.28. The molecule has 0 saturated carbocycles. The van der Waals surface area contributed by atoms with E-state index in [1.165, 1.54) is 4.90 Å². The van der Waals surface area contributed by atoms with Gasteiger partial charge in [-0.2, -0.15) is 5.10 Å². The first-order valence-electron chi connectivity index (χ1n) is 9.78. The van der Waals surface area contributed by atoms with Crippen molar-refractivity contribution in [3.05, 3.63) is 53.3 Å². The van der Waals surface area contributed by atoms with Crippen LogP contribution in [0.15, 0.2) is 36.5 Å². The summed E-state index contributed by atoms with van der Waals surface area (Å²) in [6, 6.07) is 7.66. The molecule has 1 saturated heterocycles. The molecule has 1 atom stereocenters. The Morgan fingerprint density at radius 1 is 1.16 bits per heavy atom. The highest BCUT2D eigenvalue weighted by molar-refractivity contribution is 6.07. The number of amides is 4. The lowest BCUT2D eigenvalue weighted by atomic mass is 10.0. The Morgan fingerprint density at radius 2 is 2.00 bits per heavy atom. The molecular formula is C21H18N6O4. The SMILES string of the molecule is Cn1cc2nc(C(=O)Nc3ccc4c(c3)CN(C3CCC(=O)NC3=O)C4=O)ccc2n1. The number of carbonyl (C=O) groups is 4. The number of aromatic nitrogens is 3. The van der Waals surface area contributed by atoms with Crippen LogP contribution >= 0.6 is 0 Å². The number of nitrogens with one attached hydrogen (secondary N) is 2. The Hall–Kier alpha value is -4.08. The third kappa shape index (κ3) is 3.31. The van der Waals surface area contributed by atoms with Crippen LogP contribution < -0.4 is 10.6 Å². The molecular weight excluding hydrogens is 400 g/mol. The van der Waals surface area contributed by atoms with Crippen LogP contribution in [0, 0.1) is 0 Å². The number of fused-ring (bicyclic) bond motifs is 2. The number of piperidine rings is 1. The van der Waals surface area contributed by atoms with Crippen LogP contribution in [-0.4, -0.2) is 49.3 Å². The van der Waals surface area contributed by atoms with Crippen molar-refractivity contribution in [1.29, 1.82) is 0 Å². The average Bonchev–Trinajstić information content (AvgIpc) is 3.26. The topological polar surface area (TPSA) is 126 Å². The molecule has 2 N–H and O–H groups in total. The Morgan fingerprint density at radius 3 is 2.81 bits per heavy atom. The fraction of sp³-hybridized carbons (Fsp3) is 0.238. The number of imide groups is 1. The fourth-order valence-corrected chi connectivity index (χ4v) is 4.00. The molecule has 1 aromatic carbocycles. The van der Waals surface area contributed by atoms with Crippen LogP contribution in [0.5, 0.6) is 0 Å². The predicted octanol–water partition coefficient (Wildman–Crippen LogP) is 0.982. The number of rotatable bonds is 3. The molecule has 1 fully saturated rings. The molecule has 3 aromatic rings. The molecule has 2 aliphatic rings. The average molecular weight is 418 g/mol. The third-order valence-electron chi connectivity index (χ3n) is 5.49. The summed E-state index contributed by atoms with van der Waals surface area (Å²) in [6.07, 6.45) is 2.24. The molecule has 0 spiro atoms. The minimum atomic E-state index is -0.675. The van der Waals surface area contributed by atoms with Crippen molar-refractivity contribution < 1.29 is 19.2 Å². The highest BCUT2D eigenvalue weighted by atomic mass is 16.2. The molecule has 4 amide bonds. The van der Waals surface area contributed by atoms with E-state index in [9.17, 15) is 19.2 Å². The molecule has 10 heteroatoms. The molecule has 10 nitrogen and oxygen atoms in total. The molecule has 2 aliphatic heterocycles. The summed E-state index contributed by atoms with van der Waals surface area (Å²) in [7, 11) is 1.78. The van der Waals surface area contributed by atoms with Crippen LogP contribution in [0.4, 0.5) is 5.69 Å². The molecule has 4 heterocycles. The minimum absolute atomic E-state index is 0.201. The van der Waals surface area contributed by atoms with Gasteiger partial charge in [-0.1, -0.05) is 0 Å². The van der Waals surface area contributed by atoms with Crippen LogP contribution in [0.25, 0.3) is 11.0 Å². The standard InChI is InChI=1S/C21H18N6O4/c1-26-10-16-14(25-26)4-5-15(23-16)19(29)22-12-2-3-13-11(8-12)9-27(21(13)31)17-6-7-18(28)24-20(17)30/h2-5,8,10,17H,6-7,9H2,1H3,(H,22,29)(H,24,28,30). The first kappa shape index (κ1) is 18.9. The van der Waals surface area contributed by atoms with Gasteiger partial charge in [0.15, 0.2) is 0 Å². The lowest BCUT2D eigenvalue weighted by Gasteiger charge is -2.29. The predicted molar refractivity (Wildman–Crippen MR) is 109 cm³/mol. The number of hydrogen-bond acceptors (Lipinski definition) is 6. The summed E-state index contributed by atoms with van der Waals surface area (Å²) in [5.74, 6) is -1.42. The van der Waals surface area contributed by atoms with Gasteiger partial charge in [-0.15, -0.1) is 0 Å². The number of anilines is 1. The summed E-state index contributed by atoms with van der Waals surface area (Å²) < 4.78 is 1.63. The molecule has 0 bridgehead atoms. The largest absolute Gasteiger partial charge is 0.322 e. The number of benzene rings is 1. The van der Waals surface area contributed by atoms with Gasteiger partial charge < -0.3 is 10.2 Å². The van der Waals surface area contributed by atoms with Crippen molar-refractivity contribution >= 4 is 40.3 Å². The number of aryl methyl sites for hydroxylation is 1. The second-order valence-electron chi connectivity index (χ2n) is 7.63. The zero-order valence-electron chi connectivity index (χ0n) is 16.6. The lowest BCUT2D eigenvalue weighted by Crippen LogP contribution is -2.52. The van der Waals surface area contributed by atoms with Crippen molar-refractivity contribution in [2.75, 3.05) is 5.32 Å². The highest BCUT2D eigenvalue weighted by Gasteiger charge is 2.39. The Bertz CT molecular complexity index is 1280. The quantitative estimate of drug-likeness (QED) is 0.611. The zero-order valence-corrected chi connectivity index (χ0v) is 16.6. The summed E-state index contributed by atoms with van der Waals surface area (Å²) in [5.41, 5.74) is 3.29. The van der Waals surface area contributed by atoms with Crippen molar-refractivity contribution in [3.63, 3.8) is 0 Å². The van der Waals surface area contributed by atoms with Crippen LogP contribution in [0.1, 0.15) is 39.3 Å². The van der Waals surface area contributed by atoms with E-state index < -0.39 is 11.9 Å². The summed E-state index contributed by atoms with van der Waals surface area (Å²) >= 11 is 0. The van der Waals surface area contributed by atoms with Gasteiger partial charge in [0.05, 0.1) is 6.20 Å². The van der Waals surface area contributed by atoms with Crippen LogP contribution in [0.3, 0.4) is 0 Å². The molecule has 5 rings (SSSR count). The van der Waals surface area contributed by atoms with Crippen LogP contribution in [-0.2, 0) is 23.2 Å². The maximum absolute atomic E-state index is 12.8. The number of nitrogens with zero attached hydrogens (tertiary/aromatic N) is 4. The minimum Gasteiger partial charge on any atom is -0.322 e. The van der Waals surface area contributed by atoms with Crippen molar-refractivity contribution in [1.82, 2.24) is 25.0 Å². The van der Waals surface area contributed by atoms with Gasteiger partial charge in [-0.05, 0) is 42.3 Å². The van der Waals surface area contributed by atoms with Crippen LogP contribution in [0.2, 0.25) is 0 Å². The number of pyridine rings is 1. The van der Waals surface area contributed by atoms with E-state index in [-0.39, 0.29) is 36.4 Å². The maximum atomic E-state index is 12.8. The Labute approximate surface area is 176 Å². The van der Waals surface area contributed by atoms with E-state index in [0.29, 0.717) is 34.3 Å². The van der Waals surface area contributed by atoms with E-state index in [0.717, 1.165) is 0 Å². The lowest BCUT2D eigenvalue weighted by molar-refractivity contribution is -0.136. The molecule has 1 unspecified atom stereocenters. The van der Waals surface area contributed by atoms with Gasteiger partial charge in [0.25, 0.3) is 11.8 Å². The van der Waals surface area contributed by atoms with Gasteiger partial charge in [0, 0.05) is 31.3 Å². The second kappa shape index (κ2) is 7.01. The first-order chi connectivity index (χ1) is 14.9. The third-order valence-corrected chi connectivity index (χ3v) is 5.49. The first-order valence-corrected chi connectivity index (χ1v) is 9.78. The molecule has 2 aromatic heterocycles. The number of hydrogen-bond donors (Lipinski definition) is 2. The van der Waals surface area contributed by atoms with Gasteiger partial charge in [-0.25, -0.2) is 4.98 Å². The van der Waals surface area contributed by atoms with E-state index >= 15 is 0 Å². The van der Waals surface area contributed by atoms with E-state index in [4.69, 9.17) is 0 Å². The summed E-state index contributed by atoms with van der Waals surface area (Å²) in [4.78, 5) is 54.8. The molecule has 0 radical (unpaired) electrons. The van der Waals surface area contributed by atoms with E-state index in [1.54, 1.807) is 48.3 Å². The number of carbonyl (C=O) groups excluding carboxylic acids is 4.